The number of fused-ring (bicyclic) bond motifs is 1. The average molecular weight is 320 g/mol. The quantitative estimate of drug-likeness (QED) is 0.603. The summed E-state index contributed by atoms with van der Waals surface area (Å²) in [7, 11) is 2.16. The third kappa shape index (κ3) is 3.56. The average Bonchev–Trinajstić information content (AvgIpc) is 3.02. The molecule has 0 spiro atoms. The Morgan fingerprint density at radius 3 is 2.78 bits per heavy atom. The van der Waals surface area contributed by atoms with Gasteiger partial charge in [0.15, 0.2) is 11.5 Å². The standard InChI is InChI=1S/C16H21N3O4/c1-3-21-16(19-8-6-18(2)7-9-19)17-15(20)12-4-5-13-14(10-12)23-11-22-13/h4-5,10H,3,6-9,11H2,1-2H3/p+1. The van der Waals surface area contributed by atoms with Crippen LogP contribution >= 0.6 is 0 Å². The van der Waals surface area contributed by atoms with Gasteiger partial charge in [0.1, 0.15) is 0 Å². The number of likely N-dealkylation sites (N-methyl/N-ethyl adjacent to an activating group) is 1. The molecule has 0 unspecified atom stereocenters. The second kappa shape index (κ2) is 6.87. The highest BCUT2D eigenvalue weighted by molar-refractivity contribution is 6.01. The number of nitrogens with one attached hydrogen (secondary N) is 1. The van der Waals surface area contributed by atoms with Crippen molar-refractivity contribution < 1.29 is 23.9 Å². The zero-order valence-corrected chi connectivity index (χ0v) is 13.5. The molecule has 2 aliphatic rings. The van der Waals surface area contributed by atoms with E-state index in [-0.39, 0.29) is 12.7 Å². The van der Waals surface area contributed by atoms with Crippen LogP contribution in [0.5, 0.6) is 11.5 Å². The van der Waals surface area contributed by atoms with Crippen LogP contribution in [0.15, 0.2) is 23.2 Å². The second-order valence-corrected chi connectivity index (χ2v) is 5.64. The van der Waals surface area contributed by atoms with Crippen LogP contribution in [-0.2, 0) is 4.74 Å². The highest BCUT2D eigenvalue weighted by atomic mass is 16.7. The minimum atomic E-state index is -0.335. The van der Waals surface area contributed by atoms with Crippen LogP contribution in [0.3, 0.4) is 0 Å². The van der Waals surface area contributed by atoms with Crippen molar-refractivity contribution >= 4 is 11.9 Å². The SMILES string of the molecule is CCOC(=NC(=O)c1ccc2c(c1)OCO2)N1CC[NH+](C)CC1. The van der Waals surface area contributed by atoms with E-state index in [9.17, 15) is 4.79 Å². The van der Waals surface area contributed by atoms with Gasteiger partial charge in [-0.3, -0.25) is 4.79 Å². The molecule has 1 N–H and O–H groups in total. The zero-order valence-electron chi connectivity index (χ0n) is 13.5. The van der Waals surface area contributed by atoms with Gasteiger partial charge in [0.2, 0.25) is 6.79 Å². The van der Waals surface area contributed by atoms with Crippen molar-refractivity contribution in [3.05, 3.63) is 23.8 Å². The van der Waals surface area contributed by atoms with Crippen molar-refractivity contribution in [3.8, 4) is 11.5 Å². The molecule has 2 aliphatic heterocycles. The molecule has 0 saturated carbocycles. The van der Waals surface area contributed by atoms with Crippen molar-refractivity contribution in [3.63, 3.8) is 0 Å². The molecule has 7 nitrogen and oxygen atoms in total. The first-order chi connectivity index (χ1) is 11.2. The Balaban J connectivity index is 1.77. The third-order valence-electron chi connectivity index (χ3n) is 3.98. The number of rotatable bonds is 2. The van der Waals surface area contributed by atoms with Gasteiger partial charge in [-0.05, 0) is 25.1 Å². The van der Waals surface area contributed by atoms with E-state index < -0.39 is 0 Å². The van der Waals surface area contributed by atoms with Crippen molar-refractivity contribution in [2.75, 3.05) is 46.6 Å². The van der Waals surface area contributed by atoms with Gasteiger partial charge >= 0.3 is 0 Å². The van der Waals surface area contributed by atoms with Crippen molar-refractivity contribution in [1.29, 1.82) is 0 Å². The molecule has 0 atom stereocenters. The normalized spacial score (nSPS) is 18.2. The molecule has 1 fully saturated rings. The van der Waals surface area contributed by atoms with Gasteiger partial charge in [0.05, 0.1) is 39.8 Å². The van der Waals surface area contributed by atoms with Gasteiger partial charge < -0.3 is 24.0 Å². The number of benzene rings is 1. The maximum Gasteiger partial charge on any atom is 0.295 e. The molecule has 3 rings (SSSR count). The van der Waals surface area contributed by atoms with E-state index in [0.717, 1.165) is 26.2 Å². The minimum Gasteiger partial charge on any atom is -0.465 e. The Bertz CT molecular complexity index is 609. The van der Waals surface area contributed by atoms with Crippen molar-refractivity contribution in [1.82, 2.24) is 4.90 Å². The summed E-state index contributed by atoms with van der Waals surface area (Å²) in [6.07, 6.45) is 0. The smallest absolute Gasteiger partial charge is 0.295 e. The molecule has 124 valence electrons. The van der Waals surface area contributed by atoms with E-state index in [1.54, 1.807) is 18.2 Å². The first-order valence-electron chi connectivity index (χ1n) is 7.89. The molecule has 0 aliphatic carbocycles. The Morgan fingerprint density at radius 2 is 2.04 bits per heavy atom. The predicted octanol–water partition coefficient (Wildman–Crippen LogP) is -0.222. The van der Waals surface area contributed by atoms with Gasteiger partial charge in [0, 0.05) is 5.56 Å². The first kappa shape index (κ1) is 15.6. The lowest BCUT2D eigenvalue weighted by Crippen LogP contribution is -3.12. The summed E-state index contributed by atoms with van der Waals surface area (Å²) >= 11 is 0. The minimum absolute atomic E-state index is 0.185. The molecule has 1 amide bonds. The summed E-state index contributed by atoms with van der Waals surface area (Å²) in [6, 6.07) is 5.48. The summed E-state index contributed by atoms with van der Waals surface area (Å²) in [5.41, 5.74) is 0.464. The summed E-state index contributed by atoms with van der Waals surface area (Å²) in [5.74, 6) is 0.892. The van der Waals surface area contributed by atoms with Gasteiger partial charge in [-0.2, -0.15) is 4.99 Å². The number of nitrogens with zero attached hydrogens (tertiary/aromatic N) is 2. The predicted molar refractivity (Wildman–Crippen MR) is 84.2 cm³/mol. The molecular formula is C16H22N3O4+. The molecule has 2 heterocycles. The Morgan fingerprint density at radius 1 is 1.30 bits per heavy atom. The van der Waals surface area contributed by atoms with Gasteiger partial charge in [-0.15, -0.1) is 0 Å². The van der Waals surface area contributed by atoms with Gasteiger partial charge in [-0.1, -0.05) is 0 Å². The number of hydrogen-bond donors (Lipinski definition) is 1. The van der Waals surface area contributed by atoms with Crippen LogP contribution in [-0.4, -0.2) is 63.5 Å². The number of piperazine rings is 1. The maximum absolute atomic E-state index is 12.4. The number of hydrogen-bond acceptors (Lipinski definition) is 4. The number of quaternary nitrogens is 1. The van der Waals surface area contributed by atoms with Crippen molar-refractivity contribution in [2.24, 2.45) is 4.99 Å². The van der Waals surface area contributed by atoms with E-state index in [2.05, 4.69) is 12.0 Å². The number of amides is 1. The lowest BCUT2D eigenvalue weighted by atomic mass is 10.2. The Kier molecular flexibility index (Phi) is 4.66. The first-order valence-corrected chi connectivity index (χ1v) is 7.89. The number of amidine groups is 1. The summed E-state index contributed by atoms with van der Waals surface area (Å²) in [6.45, 7) is 6.23. The van der Waals surface area contributed by atoms with E-state index in [1.165, 1.54) is 4.90 Å². The lowest BCUT2D eigenvalue weighted by molar-refractivity contribution is -0.883. The fourth-order valence-electron chi connectivity index (χ4n) is 2.58. The number of carbonyl (C=O) groups excluding carboxylic acids is 1. The Hall–Kier alpha value is -2.28. The van der Waals surface area contributed by atoms with Crippen LogP contribution in [0.1, 0.15) is 17.3 Å². The molecule has 23 heavy (non-hydrogen) atoms. The maximum atomic E-state index is 12.4. The van der Waals surface area contributed by atoms with E-state index in [0.29, 0.717) is 29.7 Å². The number of carbonyl (C=O) groups is 1. The third-order valence-corrected chi connectivity index (χ3v) is 3.98. The molecule has 0 aromatic heterocycles. The van der Waals surface area contributed by atoms with E-state index in [4.69, 9.17) is 14.2 Å². The fourth-order valence-corrected chi connectivity index (χ4v) is 2.58. The summed E-state index contributed by atoms with van der Waals surface area (Å²) in [4.78, 5) is 20.1. The van der Waals surface area contributed by atoms with Crippen LogP contribution < -0.4 is 14.4 Å². The van der Waals surface area contributed by atoms with Gasteiger partial charge in [-0.25, -0.2) is 0 Å². The molecule has 7 heteroatoms. The largest absolute Gasteiger partial charge is 0.465 e. The fraction of sp³-hybridized carbons (Fsp3) is 0.500. The molecule has 1 saturated heterocycles. The van der Waals surface area contributed by atoms with E-state index >= 15 is 0 Å². The van der Waals surface area contributed by atoms with Crippen LogP contribution in [0.25, 0.3) is 0 Å². The molecule has 1 aromatic carbocycles. The topological polar surface area (TPSA) is 64.8 Å². The van der Waals surface area contributed by atoms with Gasteiger partial charge in [0.25, 0.3) is 11.9 Å². The molecule has 0 radical (unpaired) electrons. The number of aliphatic imine (C=N–C) groups is 1. The highest BCUT2D eigenvalue weighted by Crippen LogP contribution is 2.32. The lowest BCUT2D eigenvalue weighted by Gasteiger charge is -2.31. The van der Waals surface area contributed by atoms with Crippen LogP contribution in [0.4, 0.5) is 0 Å². The van der Waals surface area contributed by atoms with E-state index in [1.807, 2.05) is 11.8 Å². The molecule has 1 aromatic rings. The Labute approximate surface area is 135 Å². The summed E-state index contributed by atoms with van der Waals surface area (Å²) < 4.78 is 16.1. The van der Waals surface area contributed by atoms with Crippen LogP contribution in [0.2, 0.25) is 0 Å². The van der Waals surface area contributed by atoms with Crippen LogP contribution in [0, 0.1) is 0 Å². The molecule has 0 bridgehead atoms. The zero-order chi connectivity index (χ0) is 16.2. The second-order valence-electron chi connectivity index (χ2n) is 5.64. The highest BCUT2D eigenvalue weighted by Gasteiger charge is 2.23. The monoisotopic (exact) mass is 320 g/mol. The molecular weight excluding hydrogens is 298 g/mol. The summed E-state index contributed by atoms with van der Waals surface area (Å²) in [5, 5.41) is 0. The van der Waals surface area contributed by atoms with Crippen molar-refractivity contribution in [2.45, 2.75) is 6.92 Å². The number of ether oxygens (including phenoxy) is 3.